The van der Waals surface area contributed by atoms with Gasteiger partial charge in [0.1, 0.15) is 12.6 Å². The average molecular weight is 359 g/mol. The van der Waals surface area contributed by atoms with Gasteiger partial charge in [0.05, 0.1) is 11.0 Å². The molecule has 2 heterocycles. The summed E-state index contributed by atoms with van der Waals surface area (Å²) in [6, 6.07) is 14.9. The van der Waals surface area contributed by atoms with E-state index in [0.717, 1.165) is 33.7 Å². The van der Waals surface area contributed by atoms with E-state index in [4.69, 9.17) is 9.72 Å². The van der Waals surface area contributed by atoms with Gasteiger partial charge in [0.25, 0.3) is 0 Å². The molecule has 0 aliphatic rings. The molecule has 0 saturated heterocycles. The molecule has 4 rings (SSSR count). The Kier molecular flexibility index (Phi) is 4.38. The van der Waals surface area contributed by atoms with Gasteiger partial charge in [-0.15, -0.1) is 0 Å². The summed E-state index contributed by atoms with van der Waals surface area (Å²) in [6.07, 6.45) is 2.06. The maximum Gasteiger partial charge on any atom is 0.193 e. The number of aromatic nitrogens is 3. The largest absolute Gasteiger partial charge is 0.364 e. The van der Waals surface area contributed by atoms with E-state index in [9.17, 15) is 4.79 Å². The Morgan fingerprint density at radius 1 is 1.11 bits per heavy atom. The van der Waals surface area contributed by atoms with Crippen molar-refractivity contribution in [1.82, 2.24) is 14.5 Å². The monoisotopic (exact) mass is 359 g/mol. The van der Waals surface area contributed by atoms with Crippen molar-refractivity contribution in [3.8, 4) is 11.4 Å². The van der Waals surface area contributed by atoms with Gasteiger partial charge in [-0.1, -0.05) is 30.3 Å². The maximum absolute atomic E-state index is 12.7. The van der Waals surface area contributed by atoms with Crippen LogP contribution in [0.5, 0.6) is 0 Å². The quantitative estimate of drug-likeness (QED) is 0.534. The molecule has 0 saturated carbocycles. The second kappa shape index (κ2) is 6.85. The Bertz CT molecular complexity index is 1120. The summed E-state index contributed by atoms with van der Waals surface area (Å²) in [5, 5.41) is 0. The molecule has 27 heavy (non-hydrogen) atoms. The number of aromatic amines is 1. The Morgan fingerprint density at radius 3 is 2.63 bits per heavy atom. The highest BCUT2D eigenvalue weighted by atomic mass is 16.5. The molecule has 2 aromatic carbocycles. The van der Waals surface area contributed by atoms with E-state index in [0.29, 0.717) is 17.9 Å². The molecule has 0 radical (unpaired) electrons. The lowest BCUT2D eigenvalue weighted by molar-refractivity contribution is 0.103. The Hall–Kier alpha value is -3.18. The van der Waals surface area contributed by atoms with Gasteiger partial charge in [-0.25, -0.2) is 4.98 Å². The van der Waals surface area contributed by atoms with E-state index in [1.54, 1.807) is 7.11 Å². The summed E-state index contributed by atoms with van der Waals surface area (Å²) in [5.74, 6) is 0.812. The van der Waals surface area contributed by atoms with Crippen LogP contribution in [-0.4, -0.2) is 27.4 Å². The van der Waals surface area contributed by atoms with Crippen molar-refractivity contribution in [3.63, 3.8) is 0 Å². The minimum atomic E-state index is 0.00672. The fourth-order valence-electron chi connectivity index (χ4n) is 3.48. The highest BCUT2D eigenvalue weighted by Crippen LogP contribution is 2.29. The highest BCUT2D eigenvalue weighted by molar-refractivity contribution is 6.10. The van der Waals surface area contributed by atoms with Crippen LogP contribution in [0.3, 0.4) is 0 Å². The van der Waals surface area contributed by atoms with Crippen molar-refractivity contribution in [2.75, 3.05) is 7.11 Å². The SMILES string of the molecule is COCn1cc(C)c(-c2nc3ccc(C(=O)c4ccccc4)cc3[nH]2)c1C. The molecule has 0 amide bonds. The number of carbonyl (C=O) groups is 1. The number of nitrogens with zero attached hydrogens (tertiary/aromatic N) is 2. The standard InChI is InChI=1S/C22H21N3O2/c1-14-12-25(13-27-3)15(2)20(14)22-23-18-10-9-17(11-19(18)24-22)21(26)16-7-5-4-6-8-16/h4-12H,13H2,1-3H3,(H,23,24). The van der Waals surface area contributed by atoms with Crippen molar-refractivity contribution in [2.45, 2.75) is 20.6 Å². The predicted molar refractivity (Wildman–Crippen MR) is 106 cm³/mol. The summed E-state index contributed by atoms with van der Waals surface area (Å²) in [4.78, 5) is 20.8. The Morgan fingerprint density at radius 2 is 1.89 bits per heavy atom. The van der Waals surface area contributed by atoms with Gasteiger partial charge in [-0.2, -0.15) is 0 Å². The second-order valence-corrected chi connectivity index (χ2v) is 6.67. The summed E-state index contributed by atoms with van der Waals surface area (Å²) in [6.45, 7) is 4.62. The highest BCUT2D eigenvalue weighted by Gasteiger charge is 2.16. The van der Waals surface area contributed by atoms with Gasteiger partial charge >= 0.3 is 0 Å². The van der Waals surface area contributed by atoms with Crippen LogP contribution < -0.4 is 0 Å². The zero-order valence-corrected chi connectivity index (χ0v) is 15.6. The summed E-state index contributed by atoms with van der Waals surface area (Å²) >= 11 is 0. The van der Waals surface area contributed by atoms with Crippen LogP contribution >= 0.6 is 0 Å². The number of ketones is 1. The molecular weight excluding hydrogens is 338 g/mol. The van der Waals surface area contributed by atoms with Crippen LogP contribution in [-0.2, 0) is 11.5 Å². The van der Waals surface area contributed by atoms with Crippen LogP contribution in [0.25, 0.3) is 22.4 Å². The number of ether oxygens (including phenoxy) is 1. The van der Waals surface area contributed by atoms with Crippen molar-refractivity contribution in [3.05, 3.63) is 77.1 Å². The minimum Gasteiger partial charge on any atom is -0.364 e. The zero-order valence-electron chi connectivity index (χ0n) is 15.6. The van der Waals surface area contributed by atoms with Gasteiger partial charge in [0.2, 0.25) is 0 Å². The fraction of sp³-hybridized carbons (Fsp3) is 0.182. The molecule has 1 N–H and O–H groups in total. The fourth-order valence-corrected chi connectivity index (χ4v) is 3.48. The van der Waals surface area contributed by atoms with Crippen LogP contribution in [0.2, 0.25) is 0 Å². The summed E-state index contributed by atoms with van der Waals surface area (Å²) in [5.41, 5.74) is 6.31. The molecule has 0 bridgehead atoms. The van der Waals surface area contributed by atoms with E-state index >= 15 is 0 Å². The number of nitrogens with one attached hydrogen (secondary N) is 1. The third kappa shape index (κ3) is 3.06. The number of hydrogen-bond acceptors (Lipinski definition) is 3. The van der Waals surface area contributed by atoms with E-state index < -0.39 is 0 Å². The van der Waals surface area contributed by atoms with E-state index in [-0.39, 0.29) is 5.78 Å². The first-order chi connectivity index (χ1) is 13.1. The minimum absolute atomic E-state index is 0.00672. The first-order valence-electron chi connectivity index (χ1n) is 8.83. The molecule has 0 atom stereocenters. The van der Waals surface area contributed by atoms with Crippen LogP contribution in [0.15, 0.2) is 54.7 Å². The molecule has 0 aliphatic carbocycles. The lowest BCUT2D eigenvalue weighted by Crippen LogP contribution is -2.00. The van der Waals surface area contributed by atoms with Crippen molar-refractivity contribution in [2.24, 2.45) is 0 Å². The molecule has 5 heteroatoms. The molecule has 0 aliphatic heterocycles. The molecule has 0 fully saturated rings. The van der Waals surface area contributed by atoms with Gasteiger partial charge in [-0.05, 0) is 37.6 Å². The van der Waals surface area contributed by atoms with Gasteiger partial charge in [0, 0.05) is 35.7 Å². The number of imidazole rings is 1. The molecule has 5 nitrogen and oxygen atoms in total. The topological polar surface area (TPSA) is 59.9 Å². The van der Waals surface area contributed by atoms with Gasteiger partial charge in [0.15, 0.2) is 5.78 Å². The van der Waals surface area contributed by atoms with E-state index in [1.165, 1.54) is 0 Å². The number of carbonyl (C=O) groups excluding carboxylic acids is 1. The first kappa shape index (κ1) is 17.2. The smallest absolute Gasteiger partial charge is 0.193 e. The van der Waals surface area contributed by atoms with Gasteiger partial charge in [-0.3, -0.25) is 4.79 Å². The number of methoxy groups -OCH3 is 1. The number of benzene rings is 2. The third-order valence-corrected chi connectivity index (χ3v) is 4.82. The number of H-pyrrole nitrogens is 1. The lowest BCUT2D eigenvalue weighted by atomic mass is 10.0. The molecule has 136 valence electrons. The molecule has 2 aromatic heterocycles. The number of rotatable bonds is 5. The van der Waals surface area contributed by atoms with Crippen molar-refractivity contribution in [1.29, 1.82) is 0 Å². The summed E-state index contributed by atoms with van der Waals surface area (Å²) < 4.78 is 7.31. The molecule has 0 unspecified atom stereocenters. The van der Waals surface area contributed by atoms with Gasteiger partial charge < -0.3 is 14.3 Å². The summed E-state index contributed by atoms with van der Waals surface area (Å²) in [7, 11) is 1.68. The number of aryl methyl sites for hydroxylation is 1. The van der Waals surface area contributed by atoms with Crippen LogP contribution in [0.4, 0.5) is 0 Å². The Labute approximate surface area is 157 Å². The van der Waals surface area contributed by atoms with Crippen LogP contribution in [0.1, 0.15) is 27.2 Å². The lowest BCUT2D eigenvalue weighted by Gasteiger charge is -2.04. The molecule has 0 spiro atoms. The number of fused-ring (bicyclic) bond motifs is 1. The van der Waals surface area contributed by atoms with Crippen LogP contribution in [0, 0.1) is 13.8 Å². The molecule has 4 aromatic rings. The molecular formula is C22H21N3O2. The average Bonchev–Trinajstić information content (AvgIpc) is 3.21. The maximum atomic E-state index is 12.7. The first-order valence-corrected chi connectivity index (χ1v) is 8.83. The third-order valence-electron chi connectivity index (χ3n) is 4.82. The second-order valence-electron chi connectivity index (χ2n) is 6.67. The van der Waals surface area contributed by atoms with Crippen molar-refractivity contribution < 1.29 is 9.53 Å². The Balaban J connectivity index is 1.75. The predicted octanol–water partition coefficient (Wildman–Crippen LogP) is 4.48. The normalized spacial score (nSPS) is 11.2. The van der Waals surface area contributed by atoms with Crippen molar-refractivity contribution >= 4 is 16.8 Å². The zero-order chi connectivity index (χ0) is 19.0. The van der Waals surface area contributed by atoms with E-state index in [2.05, 4.69) is 29.6 Å². The van der Waals surface area contributed by atoms with E-state index in [1.807, 2.05) is 48.5 Å². The number of hydrogen-bond donors (Lipinski definition) is 1.